The van der Waals surface area contributed by atoms with Gasteiger partial charge in [-0.05, 0) is 50.3 Å². The number of anilines is 1. The minimum absolute atomic E-state index is 0.0207. The maximum absolute atomic E-state index is 13.6. The van der Waals surface area contributed by atoms with E-state index in [9.17, 15) is 30.0 Å². The number of rotatable bonds is 8. The number of esters is 1. The Balaban J connectivity index is 1.37. The summed E-state index contributed by atoms with van der Waals surface area (Å²) in [5.74, 6) is -1.84. The smallest absolute Gasteiger partial charge is 0.340 e. The third-order valence-corrected chi connectivity index (χ3v) is 13.3. The lowest BCUT2D eigenvalue weighted by molar-refractivity contribution is -0.407. The lowest BCUT2D eigenvalue weighted by Gasteiger charge is -2.74. The van der Waals surface area contributed by atoms with Crippen LogP contribution in [0.4, 0.5) is 5.69 Å². The normalized spacial score (nSPS) is 49.1. The molecular formula is C33H46N2O10. The van der Waals surface area contributed by atoms with Gasteiger partial charge in [-0.1, -0.05) is 19.1 Å². The maximum atomic E-state index is 13.6. The van der Waals surface area contributed by atoms with E-state index in [-0.39, 0.29) is 37.3 Å². The first kappa shape index (κ1) is 31.4. The quantitative estimate of drug-likeness (QED) is 0.257. The molecule has 1 heterocycles. The minimum Gasteiger partial charge on any atom is -0.461 e. The molecule has 45 heavy (non-hydrogen) atoms. The molecule has 12 heteroatoms. The van der Waals surface area contributed by atoms with E-state index in [1.807, 2.05) is 6.92 Å². The van der Waals surface area contributed by atoms with Crippen LogP contribution >= 0.6 is 0 Å². The second-order valence-corrected chi connectivity index (χ2v) is 14.5. The van der Waals surface area contributed by atoms with E-state index in [1.165, 1.54) is 21.1 Å². The standard InChI is InChI=1S/C33H46N2O10/c1-6-35-16-28(17-45-26(37)19-9-7-8-10-21(19)34-18(2)36)12-11-24(43-4)32-23(28)15-29(38,27(32)35)30(39)14-22(42-3)20-13-31(32,40)33(30,41)25(20)44-5/h7-10,20,22-25,27,38-41H,6,11-17H2,1-5H3,(H,34,36)/t20-,22+,23-,24+,25+,27-,28+,29-,30+,31-,32+,33+/m1/s1. The van der Waals surface area contributed by atoms with Crippen LogP contribution in [0, 0.1) is 22.7 Å². The van der Waals surface area contributed by atoms with Crippen LogP contribution in [0.1, 0.15) is 56.3 Å². The number of hydrogen-bond acceptors (Lipinski definition) is 11. The Morgan fingerprint density at radius 1 is 1.00 bits per heavy atom. The molecule has 6 fully saturated rings. The van der Waals surface area contributed by atoms with Crippen molar-refractivity contribution < 1.29 is 49.0 Å². The van der Waals surface area contributed by atoms with Gasteiger partial charge in [0.25, 0.3) is 0 Å². The molecule has 248 valence electrons. The van der Waals surface area contributed by atoms with Crippen LogP contribution in [0.25, 0.3) is 0 Å². The van der Waals surface area contributed by atoms with Crippen LogP contribution in [0.5, 0.6) is 0 Å². The number of carbonyl (C=O) groups excluding carboxylic acids is 2. The third-order valence-electron chi connectivity index (χ3n) is 13.3. The number of amides is 1. The van der Waals surface area contributed by atoms with E-state index in [0.717, 1.165) is 0 Å². The van der Waals surface area contributed by atoms with Crippen molar-refractivity contribution in [1.29, 1.82) is 0 Å². The maximum Gasteiger partial charge on any atom is 0.340 e. The summed E-state index contributed by atoms with van der Waals surface area (Å²) in [5.41, 5.74) is -9.62. The summed E-state index contributed by atoms with van der Waals surface area (Å²) in [6, 6.07) is 5.90. The summed E-state index contributed by atoms with van der Waals surface area (Å²) < 4.78 is 24.1. The van der Waals surface area contributed by atoms with Gasteiger partial charge in [0.05, 0.1) is 47.6 Å². The first-order valence-electron chi connectivity index (χ1n) is 16.1. The zero-order chi connectivity index (χ0) is 32.4. The Morgan fingerprint density at radius 2 is 1.73 bits per heavy atom. The number of aliphatic hydroxyl groups is 4. The van der Waals surface area contributed by atoms with Crippen molar-refractivity contribution in [2.45, 2.75) is 92.7 Å². The Kier molecular flexibility index (Phi) is 6.94. The minimum atomic E-state index is -2.22. The molecule has 0 radical (unpaired) electrons. The summed E-state index contributed by atoms with van der Waals surface area (Å²) in [6.07, 6.45) is -0.997. The van der Waals surface area contributed by atoms with Crippen LogP contribution in [0.3, 0.4) is 0 Å². The van der Waals surface area contributed by atoms with E-state index in [2.05, 4.69) is 10.2 Å². The van der Waals surface area contributed by atoms with Crippen LogP contribution in [0.15, 0.2) is 24.3 Å². The summed E-state index contributed by atoms with van der Waals surface area (Å²) >= 11 is 0. The summed E-state index contributed by atoms with van der Waals surface area (Å²) in [5, 5.41) is 54.8. The van der Waals surface area contributed by atoms with Gasteiger partial charge in [0, 0.05) is 52.6 Å². The fourth-order valence-electron chi connectivity index (χ4n) is 11.9. The number of hydrogen-bond donors (Lipinski definition) is 5. The number of piperidine rings is 1. The summed E-state index contributed by atoms with van der Waals surface area (Å²) in [4.78, 5) is 27.5. The van der Waals surface area contributed by atoms with Gasteiger partial charge in [0.15, 0.2) is 5.60 Å². The lowest BCUT2D eigenvalue weighted by Crippen LogP contribution is -2.92. The Labute approximate surface area is 263 Å². The highest BCUT2D eigenvalue weighted by molar-refractivity contribution is 6.00. The number of nitrogens with zero attached hydrogens (tertiary/aromatic N) is 1. The SMILES string of the molecule is CCN1C[C@]2(COC(=O)c3ccccc3NC(C)=O)CC[C@H](OC)[C@@]34[C@@H]2C[C@@](O)([C@@H]13)[C@@]1(O)C[C@H](OC)[C@H]2C[C@]4(O)[C@]1(O)[C@H]2OC. The molecule has 5 saturated carbocycles. The van der Waals surface area contributed by atoms with Crippen LogP contribution in [-0.4, -0.2) is 125 Å². The van der Waals surface area contributed by atoms with Gasteiger partial charge in [-0.2, -0.15) is 0 Å². The Morgan fingerprint density at radius 3 is 2.38 bits per heavy atom. The van der Waals surface area contributed by atoms with E-state index in [4.69, 9.17) is 18.9 Å². The largest absolute Gasteiger partial charge is 0.461 e. The van der Waals surface area contributed by atoms with E-state index >= 15 is 0 Å². The highest BCUT2D eigenvalue weighted by Crippen LogP contribution is 2.82. The van der Waals surface area contributed by atoms with Gasteiger partial charge >= 0.3 is 5.97 Å². The highest BCUT2D eigenvalue weighted by Gasteiger charge is 2.97. The molecule has 1 aliphatic heterocycles. The predicted octanol–water partition coefficient (Wildman–Crippen LogP) is 0.699. The molecule has 1 aromatic rings. The molecule has 7 bridgehead atoms. The van der Waals surface area contributed by atoms with E-state index in [0.29, 0.717) is 31.6 Å². The average molecular weight is 631 g/mol. The molecule has 12 nitrogen and oxygen atoms in total. The number of ether oxygens (including phenoxy) is 4. The number of methoxy groups -OCH3 is 3. The molecule has 7 rings (SSSR count). The van der Waals surface area contributed by atoms with Crippen molar-refractivity contribution in [1.82, 2.24) is 4.90 Å². The average Bonchev–Trinajstić information content (AvgIpc) is 3.36. The molecule has 1 saturated heterocycles. The summed E-state index contributed by atoms with van der Waals surface area (Å²) in [7, 11) is 4.58. The van der Waals surface area contributed by atoms with Crippen molar-refractivity contribution in [3.63, 3.8) is 0 Å². The highest BCUT2D eigenvalue weighted by atomic mass is 16.5. The molecule has 6 aliphatic rings. The monoisotopic (exact) mass is 630 g/mol. The number of likely N-dealkylation sites (tertiary alicyclic amines) is 1. The van der Waals surface area contributed by atoms with Crippen molar-refractivity contribution in [2.24, 2.45) is 22.7 Å². The predicted molar refractivity (Wildman–Crippen MR) is 159 cm³/mol. The van der Waals surface area contributed by atoms with Crippen LogP contribution in [-0.2, 0) is 23.7 Å². The van der Waals surface area contributed by atoms with Gasteiger partial charge in [0.2, 0.25) is 5.91 Å². The fourth-order valence-corrected chi connectivity index (χ4v) is 11.9. The number of carbonyl (C=O) groups is 2. The molecule has 1 aromatic carbocycles. The van der Waals surface area contributed by atoms with Gasteiger partial charge < -0.3 is 44.7 Å². The van der Waals surface area contributed by atoms with Crippen LogP contribution < -0.4 is 5.32 Å². The number of likely N-dealkylation sites (N-methyl/N-ethyl adjacent to an activating group) is 1. The van der Waals surface area contributed by atoms with Gasteiger partial charge in [0.1, 0.15) is 16.8 Å². The van der Waals surface area contributed by atoms with Crippen molar-refractivity contribution >= 4 is 17.6 Å². The Hall–Kier alpha value is -2.16. The molecule has 0 unspecified atom stereocenters. The molecular weight excluding hydrogens is 584 g/mol. The number of nitrogens with one attached hydrogen (secondary N) is 1. The zero-order valence-electron chi connectivity index (χ0n) is 26.6. The van der Waals surface area contributed by atoms with Crippen molar-refractivity contribution in [2.75, 3.05) is 46.3 Å². The topological polar surface area (TPSA) is 167 Å². The number of fused-ring (bicyclic) bond motifs is 2. The number of para-hydroxylation sites is 1. The van der Waals surface area contributed by atoms with E-state index < -0.39 is 75.4 Å². The molecule has 5 N–H and O–H groups in total. The van der Waals surface area contributed by atoms with Gasteiger partial charge in [-0.25, -0.2) is 4.79 Å². The van der Waals surface area contributed by atoms with Crippen LogP contribution in [0.2, 0.25) is 0 Å². The second kappa shape index (κ2) is 9.93. The molecule has 5 aliphatic carbocycles. The van der Waals surface area contributed by atoms with Gasteiger partial charge in [-0.15, -0.1) is 0 Å². The molecule has 0 aromatic heterocycles. The molecule has 1 amide bonds. The zero-order valence-corrected chi connectivity index (χ0v) is 26.6. The Bertz CT molecular complexity index is 1410. The third kappa shape index (κ3) is 3.35. The lowest BCUT2D eigenvalue weighted by atomic mass is 9.39. The second-order valence-electron chi connectivity index (χ2n) is 14.5. The number of benzene rings is 1. The molecule has 12 atom stereocenters. The van der Waals surface area contributed by atoms with E-state index in [1.54, 1.807) is 31.4 Å². The first-order valence-corrected chi connectivity index (χ1v) is 16.1. The summed E-state index contributed by atoms with van der Waals surface area (Å²) in [6.45, 7) is 4.25. The molecule has 1 spiro atoms. The fraction of sp³-hybridized carbons (Fsp3) is 0.758. The van der Waals surface area contributed by atoms with Crippen molar-refractivity contribution in [3.8, 4) is 0 Å². The van der Waals surface area contributed by atoms with Gasteiger partial charge in [-0.3, -0.25) is 9.69 Å². The first-order chi connectivity index (χ1) is 21.3. The van der Waals surface area contributed by atoms with Crippen molar-refractivity contribution in [3.05, 3.63) is 29.8 Å².